The maximum absolute atomic E-state index is 2.34. The van der Waals surface area contributed by atoms with Gasteiger partial charge in [-0.1, -0.05) is 70.9 Å². The molecule has 1 unspecified atom stereocenters. The summed E-state index contributed by atoms with van der Waals surface area (Å²) in [6, 6.07) is 0. The lowest BCUT2D eigenvalue weighted by atomic mass is 9.51. The van der Waals surface area contributed by atoms with Gasteiger partial charge in [0, 0.05) is 0 Å². The van der Waals surface area contributed by atoms with Crippen LogP contribution in [0.2, 0.25) is 12.1 Å². The molecular weight excluding hydrogens is 155 g/mol. The quantitative estimate of drug-likeness (QED) is 0.560. The fraction of sp³-hybridized carbons (Fsp3) is 1.00. The van der Waals surface area contributed by atoms with Gasteiger partial charge in [-0.3, -0.25) is 0 Å². The summed E-state index contributed by atoms with van der Waals surface area (Å²) < 4.78 is 0. The van der Waals surface area contributed by atoms with Crippen LogP contribution >= 0.6 is 0 Å². The van der Waals surface area contributed by atoms with E-state index in [4.69, 9.17) is 0 Å². The van der Waals surface area contributed by atoms with Crippen LogP contribution in [-0.2, 0) is 0 Å². The van der Waals surface area contributed by atoms with Crippen LogP contribution in [0, 0.1) is 5.92 Å². The standard InChI is InChI=1S/C12H25B/c1-3-7-11(8-4-2)12-9-5-6-10-13-12/h11-13H,3-10H2,1-2H3. The maximum Gasteiger partial charge on any atom is 0.124 e. The first-order chi connectivity index (χ1) is 6.38. The van der Waals surface area contributed by atoms with Crippen LogP contribution in [0.3, 0.4) is 0 Å². The van der Waals surface area contributed by atoms with Gasteiger partial charge in [0.15, 0.2) is 0 Å². The van der Waals surface area contributed by atoms with Crippen LogP contribution < -0.4 is 0 Å². The Bertz CT molecular complexity index is 110. The molecule has 0 aliphatic carbocycles. The van der Waals surface area contributed by atoms with E-state index in [9.17, 15) is 0 Å². The third-order valence-electron chi connectivity index (χ3n) is 3.64. The predicted octanol–water partition coefficient (Wildman–Crippen LogP) is 4.03. The summed E-state index contributed by atoms with van der Waals surface area (Å²) in [4.78, 5) is 0. The molecule has 0 amide bonds. The lowest BCUT2D eigenvalue weighted by molar-refractivity contribution is 0.383. The molecule has 1 rings (SSSR count). The monoisotopic (exact) mass is 180 g/mol. The van der Waals surface area contributed by atoms with Crippen LogP contribution in [-0.4, -0.2) is 7.28 Å². The van der Waals surface area contributed by atoms with E-state index < -0.39 is 0 Å². The van der Waals surface area contributed by atoms with E-state index in [1.807, 2.05) is 0 Å². The van der Waals surface area contributed by atoms with E-state index in [1.54, 1.807) is 0 Å². The molecule has 0 saturated carbocycles. The summed E-state index contributed by atoms with van der Waals surface area (Å²) in [6.45, 7) is 4.68. The topological polar surface area (TPSA) is 0 Å². The highest BCUT2D eigenvalue weighted by Gasteiger charge is 2.22. The van der Waals surface area contributed by atoms with Gasteiger partial charge in [-0.15, -0.1) is 0 Å². The highest BCUT2D eigenvalue weighted by atomic mass is 14.2. The van der Waals surface area contributed by atoms with Crippen molar-refractivity contribution in [2.24, 2.45) is 5.92 Å². The molecule has 1 saturated heterocycles. The smallest absolute Gasteiger partial charge is 0.0772 e. The average Bonchev–Trinajstić information content (AvgIpc) is 2.19. The summed E-state index contributed by atoms with van der Waals surface area (Å²) in [5, 5.41) is 0. The zero-order chi connectivity index (χ0) is 9.52. The Hall–Kier alpha value is 0.0649. The molecule has 1 aliphatic rings. The Morgan fingerprint density at radius 2 is 1.85 bits per heavy atom. The van der Waals surface area contributed by atoms with Gasteiger partial charge < -0.3 is 0 Å². The second-order valence-corrected chi connectivity index (χ2v) is 4.74. The van der Waals surface area contributed by atoms with Crippen molar-refractivity contribution in [3.05, 3.63) is 0 Å². The van der Waals surface area contributed by atoms with Crippen LogP contribution in [0.5, 0.6) is 0 Å². The Balaban J connectivity index is 2.32. The molecule has 13 heavy (non-hydrogen) atoms. The Morgan fingerprint density at radius 1 is 1.15 bits per heavy atom. The Labute approximate surface area is 84.7 Å². The van der Waals surface area contributed by atoms with E-state index in [2.05, 4.69) is 13.8 Å². The lowest BCUT2D eigenvalue weighted by Crippen LogP contribution is -2.18. The van der Waals surface area contributed by atoms with Crippen LogP contribution in [0.25, 0.3) is 0 Å². The zero-order valence-corrected chi connectivity index (χ0v) is 9.52. The first-order valence-electron chi connectivity index (χ1n) is 6.38. The van der Waals surface area contributed by atoms with Gasteiger partial charge in [-0.05, 0) is 5.92 Å². The third-order valence-corrected chi connectivity index (χ3v) is 3.64. The molecule has 0 aromatic heterocycles. The van der Waals surface area contributed by atoms with Crippen molar-refractivity contribution in [1.82, 2.24) is 0 Å². The van der Waals surface area contributed by atoms with Crippen molar-refractivity contribution in [2.75, 3.05) is 0 Å². The third kappa shape index (κ3) is 3.75. The van der Waals surface area contributed by atoms with Gasteiger partial charge in [0.1, 0.15) is 7.28 Å². The van der Waals surface area contributed by atoms with E-state index >= 15 is 0 Å². The fourth-order valence-corrected chi connectivity index (χ4v) is 2.96. The van der Waals surface area contributed by atoms with Crippen molar-refractivity contribution < 1.29 is 0 Å². The van der Waals surface area contributed by atoms with Crippen molar-refractivity contribution >= 4 is 7.28 Å². The number of rotatable bonds is 5. The SMILES string of the molecule is CCCC(CCC)C1BCCCC1. The minimum Gasteiger partial charge on any atom is -0.0772 e. The van der Waals surface area contributed by atoms with Crippen molar-refractivity contribution in [1.29, 1.82) is 0 Å². The largest absolute Gasteiger partial charge is 0.124 e. The van der Waals surface area contributed by atoms with E-state index in [0.717, 1.165) is 11.7 Å². The summed E-state index contributed by atoms with van der Waals surface area (Å²) in [5.74, 6) is 2.16. The molecule has 0 nitrogen and oxygen atoms in total. The first kappa shape index (κ1) is 11.1. The second kappa shape index (κ2) is 6.51. The van der Waals surface area contributed by atoms with Crippen molar-refractivity contribution in [3.8, 4) is 0 Å². The van der Waals surface area contributed by atoms with Gasteiger partial charge >= 0.3 is 0 Å². The van der Waals surface area contributed by atoms with E-state index in [-0.39, 0.29) is 0 Å². The molecule has 1 fully saturated rings. The minimum atomic E-state index is 1.07. The molecule has 1 heteroatoms. The van der Waals surface area contributed by atoms with E-state index in [1.165, 1.54) is 58.5 Å². The molecule has 0 aromatic carbocycles. The van der Waals surface area contributed by atoms with Gasteiger partial charge in [0.2, 0.25) is 0 Å². The molecule has 0 N–H and O–H groups in total. The minimum absolute atomic E-state index is 1.07. The average molecular weight is 180 g/mol. The van der Waals surface area contributed by atoms with Gasteiger partial charge in [-0.2, -0.15) is 0 Å². The van der Waals surface area contributed by atoms with Crippen LogP contribution in [0.1, 0.15) is 58.8 Å². The summed E-state index contributed by atoms with van der Waals surface area (Å²) in [7, 11) is 1.53. The first-order valence-corrected chi connectivity index (χ1v) is 6.38. The summed E-state index contributed by atoms with van der Waals surface area (Å²) in [6.07, 6.45) is 11.8. The van der Waals surface area contributed by atoms with Crippen molar-refractivity contribution in [2.45, 2.75) is 70.9 Å². The normalized spacial score (nSPS) is 23.2. The van der Waals surface area contributed by atoms with Gasteiger partial charge in [-0.25, -0.2) is 0 Å². The molecular formula is C12H25B. The number of hydrogen-bond acceptors (Lipinski definition) is 0. The van der Waals surface area contributed by atoms with Crippen LogP contribution in [0.15, 0.2) is 0 Å². The molecule has 0 radical (unpaired) electrons. The predicted molar refractivity (Wildman–Crippen MR) is 62.9 cm³/mol. The fourth-order valence-electron chi connectivity index (χ4n) is 2.96. The molecule has 76 valence electrons. The second-order valence-electron chi connectivity index (χ2n) is 4.74. The summed E-state index contributed by atoms with van der Waals surface area (Å²) in [5.41, 5.74) is 0. The molecule has 0 aromatic rings. The van der Waals surface area contributed by atoms with Gasteiger partial charge in [0.25, 0.3) is 0 Å². The Morgan fingerprint density at radius 3 is 2.31 bits per heavy atom. The maximum atomic E-state index is 2.34. The highest BCUT2D eigenvalue weighted by molar-refractivity contribution is 6.37. The van der Waals surface area contributed by atoms with E-state index in [0.29, 0.717) is 0 Å². The zero-order valence-electron chi connectivity index (χ0n) is 9.52. The summed E-state index contributed by atoms with van der Waals surface area (Å²) >= 11 is 0. The molecule has 0 spiro atoms. The van der Waals surface area contributed by atoms with Crippen molar-refractivity contribution in [3.63, 3.8) is 0 Å². The molecule has 1 atom stereocenters. The lowest BCUT2D eigenvalue weighted by Gasteiger charge is -2.29. The number of hydrogen-bond donors (Lipinski definition) is 0. The molecule has 0 bridgehead atoms. The molecule has 1 heterocycles. The highest BCUT2D eigenvalue weighted by Crippen LogP contribution is 2.35. The molecule has 1 aliphatic heterocycles. The van der Waals surface area contributed by atoms with Gasteiger partial charge in [0.05, 0.1) is 0 Å². The van der Waals surface area contributed by atoms with Crippen LogP contribution in [0.4, 0.5) is 0 Å². The Kier molecular flexibility index (Phi) is 5.58.